The first-order valence-corrected chi connectivity index (χ1v) is 8.92. The highest BCUT2D eigenvalue weighted by Gasteiger charge is 2.13. The summed E-state index contributed by atoms with van der Waals surface area (Å²) in [5, 5.41) is 0. The van der Waals surface area contributed by atoms with Crippen LogP contribution in [0.25, 0.3) is 0 Å². The third-order valence-electron chi connectivity index (χ3n) is 3.52. The molecule has 0 atom stereocenters. The van der Waals surface area contributed by atoms with Crippen molar-refractivity contribution in [1.82, 2.24) is 10.9 Å². The molecule has 0 saturated carbocycles. The van der Waals surface area contributed by atoms with E-state index in [1.807, 2.05) is 36.4 Å². The quantitative estimate of drug-likeness (QED) is 0.552. The number of amides is 2. The second-order valence-electron chi connectivity index (χ2n) is 6.55. The molecular weight excluding hydrogens is 431 g/mol. The molecule has 5 nitrogen and oxygen atoms in total. The van der Waals surface area contributed by atoms with Crippen molar-refractivity contribution in [2.75, 3.05) is 6.61 Å². The molecule has 0 spiro atoms. The Hall–Kier alpha value is -2.09. The van der Waals surface area contributed by atoms with E-state index in [1.165, 1.54) is 5.56 Å². The molecule has 0 unspecified atom stereocenters. The maximum atomic E-state index is 12.0. The molecule has 0 aliphatic rings. The largest absolute Gasteiger partial charge is 0.484 e. The maximum Gasteiger partial charge on any atom is 0.276 e. The first-order chi connectivity index (χ1) is 11.8. The summed E-state index contributed by atoms with van der Waals surface area (Å²) in [7, 11) is 0. The zero-order valence-corrected chi connectivity index (χ0v) is 16.6. The van der Waals surface area contributed by atoms with E-state index in [0.29, 0.717) is 11.3 Å². The Balaban J connectivity index is 1.81. The van der Waals surface area contributed by atoms with Gasteiger partial charge < -0.3 is 4.74 Å². The van der Waals surface area contributed by atoms with Gasteiger partial charge in [0, 0.05) is 3.57 Å². The van der Waals surface area contributed by atoms with Crippen LogP contribution < -0.4 is 15.6 Å². The number of carbonyl (C=O) groups excluding carboxylic acids is 2. The molecule has 0 aliphatic heterocycles. The van der Waals surface area contributed by atoms with Crippen molar-refractivity contribution in [3.05, 3.63) is 63.2 Å². The lowest BCUT2D eigenvalue weighted by molar-refractivity contribution is -0.123. The van der Waals surface area contributed by atoms with Crippen LogP contribution in [0, 0.1) is 3.57 Å². The monoisotopic (exact) mass is 452 g/mol. The Morgan fingerprint density at radius 2 is 1.64 bits per heavy atom. The SMILES string of the molecule is CC(C)(C)c1ccc(OCC(=O)NNC(=O)c2ccccc2I)cc1. The molecule has 0 aromatic heterocycles. The van der Waals surface area contributed by atoms with Crippen LogP contribution >= 0.6 is 22.6 Å². The van der Waals surface area contributed by atoms with Crippen LogP contribution in [-0.2, 0) is 10.2 Å². The average molecular weight is 452 g/mol. The summed E-state index contributed by atoms with van der Waals surface area (Å²) in [4.78, 5) is 23.8. The van der Waals surface area contributed by atoms with Crippen LogP contribution in [0.1, 0.15) is 36.7 Å². The minimum absolute atomic E-state index is 0.0646. The molecule has 0 heterocycles. The van der Waals surface area contributed by atoms with Gasteiger partial charge in [-0.15, -0.1) is 0 Å². The number of hydrogen-bond donors (Lipinski definition) is 2. The van der Waals surface area contributed by atoms with E-state index in [-0.39, 0.29) is 17.9 Å². The predicted molar refractivity (Wildman–Crippen MR) is 105 cm³/mol. The third kappa shape index (κ3) is 5.74. The highest BCUT2D eigenvalue weighted by Crippen LogP contribution is 2.24. The van der Waals surface area contributed by atoms with Gasteiger partial charge in [0.1, 0.15) is 5.75 Å². The van der Waals surface area contributed by atoms with E-state index in [0.717, 1.165) is 3.57 Å². The fraction of sp³-hybridized carbons (Fsp3) is 0.263. The minimum Gasteiger partial charge on any atom is -0.484 e. The second-order valence-corrected chi connectivity index (χ2v) is 7.71. The lowest BCUT2D eigenvalue weighted by Gasteiger charge is -2.19. The van der Waals surface area contributed by atoms with E-state index >= 15 is 0 Å². The molecule has 25 heavy (non-hydrogen) atoms. The predicted octanol–water partition coefficient (Wildman–Crippen LogP) is 3.43. The van der Waals surface area contributed by atoms with E-state index in [1.54, 1.807) is 12.1 Å². The topological polar surface area (TPSA) is 67.4 Å². The van der Waals surface area contributed by atoms with Crippen molar-refractivity contribution in [3.63, 3.8) is 0 Å². The molecule has 2 amide bonds. The van der Waals surface area contributed by atoms with Gasteiger partial charge in [0.05, 0.1) is 5.56 Å². The van der Waals surface area contributed by atoms with Gasteiger partial charge in [-0.25, -0.2) is 0 Å². The summed E-state index contributed by atoms with van der Waals surface area (Å²) in [6.45, 7) is 6.22. The molecule has 0 bridgehead atoms. The summed E-state index contributed by atoms with van der Waals surface area (Å²) in [5.41, 5.74) is 6.48. The molecule has 2 N–H and O–H groups in total. The molecule has 6 heteroatoms. The van der Waals surface area contributed by atoms with Crippen molar-refractivity contribution in [2.24, 2.45) is 0 Å². The van der Waals surface area contributed by atoms with Crippen LogP contribution in [0.4, 0.5) is 0 Å². The molecule has 132 valence electrons. The van der Waals surface area contributed by atoms with Crippen molar-refractivity contribution >= 4 is 34.4 Å². The number of halogens is 1. The molecule has 2 aromatic rings. The van der Waals surface area contributed by atoms with Gasteiger partial charge >= 0.3 is 0 Å². The fourth-order valence-corrected chi connectivity index (χ4v) is 2.71. The number of benzene rings is 2. The van der Waals surface area contributed by atoms with Gasteiger partial charge in [-0.05, 0) is 57.8 Å². The Morgan fingerprint density at radius 1 is 1.00 bits per heavy atom. The van der Waals surface area contributed by atoms with Crippen LogP contribution in [0.3, 0.4) is 0 Å². The van der Waals surface area contributed by atoms with E-state index in [4.69, 9.17) is 4.74 Å². The number of carbonyl (C=O) groups is 2. The highest BCUT2D eigenvalue weighted by molar-refractivity contribution is 14.1. The first kappa shape index (κ1) is 19.2. The summed E-state index contributed by atoms with van der Waals surface area (Å²) in [6, 6.07) is 14.7. The number of hydrazine groups is 1. The van der Waals surface area contributed by atoms with Crippen molar-refractivity contribution < 1.29 is 14.3 Å². The lowest BCUT2D eigenvalue weighted by Crippen LogP contribution is -2.44. The van der Waals surface area contributed by atoms with Gasteiger partial charge in [0.2, 0.25) is 0 Å². The van der Waals surface area contributed by atoms with Crippen molar-refractivity contribution in [1.29, 1.82) is 0 Å². The second kappa shape index (κ2) is 8.33. The van der Waals surface area contributed by atoms with Gasteiger partial charge in [-0.1, -0.05) is 45.0 Å². The molecular formula is C19H21IN2O3. The average Bonchev–Trinajstić information content (AvgIpc) is 2.58. The van der Waals surface area contributed by atoms with E-state index in [2.05, 4.69) is 54.2 Å². The van der Waals surface area contributed by atoms with E-state index in [9.17, 15) is 9.59 Å². The number of rotatable bonds is 4. The molecule has 0 radical (unpaired) electrons. The molecule has 0 saturated heterocycles. The van der Waals surface area contributed by atoms with E-state index < -0.39 is 5.91 Å². The Bertz CT molecular complexity index is 752. The summed E-state index contributed by atoms with van der Waals surface area (Å²) in [6.07, 6.45) is 0. The Morgan fingerprint density at radius 3 is 2.24 bits per heavy atom. The standard InChI is InChI=1S/C19H21IN2O3/c1-19(2,3)13-8-10-14(11-9-13)25-12-17(23)21-22-18(24)15-6-4-5-7-16(15)20/h4-11H,12H2,1-3H3,(H,21,23)(H,22,24). The Kier molecular flexibility index (Phi) is 6.41. The van der Waals surface area contributed by atoms with Crippen LogP contribution in [0.2, 0.25) is 0 Å². The summed E-state index contributed by atoms with van der Waals surface area (Å²) < 4.78 is 6.24. The van der Waals surface area contributed by atoms with Gasteiger partial charge in [-0.3, -0.25) is 20.4 Å². The number of hydrogen-bond acceptors (Lipinski definition) is 3. The zero-order chi connectivity index (χ0) is 18.4. The third-order valence-corrected chi connectivity index (χ3v) is 4.46. The maximum absolute atomic E-state index is 12.0. The normalized spacial score (nSPS) is 10.9. The van der Waals surface area contributed by atoms with Crippen LogP contribution in [0.5, 0.6) is 5.75 Å². The Labute approximate surface area is 161 Å². The summed E-state index contributed by atoms with van der Waals surface area (Å²) >= 11 is 2.07. The van der Waals surface area contributed by atoms with Crippen molar-refractivity contribution in [2.45, 2.75) is 26.2 Å². The fourth-order valence-electron chi connectivity index (χ4n) is 2.08. The van der Waals surface area contributed by atoms with Crippen LogP contribution in [-0.4, -0.2) is 18.4 Å². The lowest BCUT2D eigenvalue weighted by atomic mass is 9.87. The van der Waals surface area contributed by atoms with Gasteiger partial charge in [0.25, 0.3) is 11.8 Å². The molecule has 0 fully saturated rings. The van der Waals surface area contributed by atoms with Gasteiger partial charge in [0.15, 0.2) is 6.61 Å². The minimum atomic E-state index is -0.431. The molecule has 0 aliphatic carbocycles. The van der Waals surface area contributed by atoms with Crippen molar-refractivity contribution in [3.8, 4) is 5.75 Å². The smallest absolute Gasteiger partial charge is 0.276 e. The first-order valence-electron chi connectivity index (χ1n) is 7.84. The number of nitrogens with one attached hydrogen (secondary N) is 2. The number of ether oxygens (including phenoxy) is 1. The molecule has 2 rings (SSSR count). The molecule has 2 aromatic carbocycles. The summed E-state index contributed by atoms with van der Waals surface area (Å²) in [5.74, 6) is -0.195. The highest BCUT2D eigenvalue weighted by atomic mass is 127. The zero-order valence-electron chi connectivity index (χ0n) is 14.4. The van der Waals surface area contributed by atoms with Crippen LogP contribution in [0.15, 0.2) is 48.5 Å². The van der Waals surface area contributed by atoms with Gasteiger partial charge in [-0.2, -0.15) is 0 Å².